The molecule has 27 heavy (non-hydrogen) atoms. The van der Waals surface area contributed by atoms with E-state index >= 15 is 0 Å². The lowest BCUT2D eigenvalue weighted by Gasteiger charge is -2.10. The molecule has 0 fully saturated rings. The van der Waals surface area contributed by atoms with Crippen LogP contribution in [0.4, 0.5) is 0 Å². The third-order valence-electron chi connectivity index (χ3n) is 4.41. The van der Waals surface area contributed by atoms with E-state index in [1.54, 1.807) is 54.6 Å². The van der Waals surface area contributed by atoms with Crippen molar-refractivity contribution in [1.82, 2.24) is 0 Å². The smallest absolute Gasteiger partial charge is 0.343 e. The van der Waals surface area contributed by atoms with Crippen LogP contribution < -0.4 is 10.2 Å². The van der Waals surface area contributed by atoms with Gasteiger partial charge in [0.15, 0.2) is 5.76 Å². The predicted octanol–water partition coefficient (Wildman–Crippen LogP) is 4.89. The molecule has 4 aromatic rings. The van der Waals surface area contributed by atoms with Gasteiger partial charge in [0.1, 0.15) is 5.58 Å². The molecule has 0 unspecified atom stereocenters. The van der Waals surface area contributed by atoms with Gasteiger partial charge in [-0.25, -0.2) is 4.79 Å². The van der Waals surface area contributed by atoms with E-state index in [0.717, 1.165) is 11.1 Å². The fourth-order valence-electron chi connectivity index (χ4n) is 2.82. The number of ether oxygens (including phenoxy) is 1. The van der Waals surface area contributed by atoms with Gasteiger partial charge in [0.25, 0.3) is 0 Å². The van der Waals surface area contributed by atoms with Gasteiger partial charge in [-0.15, -0.1) is 0 Å². The number of esters is 1. The summed E-state index contributed by atoms with van der Waals surface area (Å²) < 4.78 is 16.8. The van der Waals surface area contributed by atoms with Crippen molar-refractivity contribution in [2.75, 3.05) is 0 Å². The number of aryl methyl sites for hydroxylation is 2. The van der Waals surface area contributed by atoms with Crippen molar-refractivity contribution in [3.63, 3.8) is 0 Å². The molecule has 4 rings (SSSR count). The molecule has 0 bridgehead atoms. The summed E-state index contributed by atoms with van der Waals surface area (Å²) in [5, 5.41) is 0.351. The lowest BCUT2D eigenvalue weighted by Crippen LogP contribution is -2.16. The van der Waals surface area contributed by atoms with Crippen LogP contribution in [0.3, 0.4) is 0 Å². The minimum Gasteiger partial charge on any atom is -0.461 e. The van der Waals surface area contributed by atoms with E-state index in [4.69, 9.17) is 13.6 Å². The Hall–Kier alpha value is -3.60. The lowest BCUT2D eigenvalue weighted by atomic mass is 10.1. The second kappa shape index (κ2) is 6.61. The molecule has 0 amide bonds. The maximum Gasteiger partial charge on any atom is 0.343 e. The van der Waals surface area contributed by atoms with Crippen LogP contribution in [0.25, 0.3) is 22.5 Å². The van der Waals surface area contributed by atoms with Gasteiger partial charge in [-0.2, -0.15) is 0 Å². The van der Waals surface area contributed by atoms with Gasteiger partial charge in [0, 0.05) is 0 Å². The minimum atomic E-state index is -0.640. The van der Waals surface area contributed by atoms with Crippen LogP contribution in [0, 0.1) is 13.8 Å². The van der Waals surface area contributed by atoms with Crippen molar-refractivity contribution in [2.24, 2.45) is 0 Å². The van der Waals surface area contributed by atoms with Gasteiger partial charge >= 0.3 is 5.97 Å². The van der Waals surface area contributed by atoms with Crippen LogP contribution in [0.2, 0.25) is 0 Å². The summed E-state index contributed by atoms with van der Waals surface area (Å²) in [5.74, 6) is -0.429. The van der Waals surface area contributed by atoms with Crippen molar-refractivity contribution in [3.05, 3.63) is 87.8 Å². The Kier molecular flexibility index (Phi) is 4.12. The first-order valence-corrected chi connectivity index (χ1v) is 8.44. The number of furan rings is 1. The Balaban J connectivity index is 1.93. The zero-order chi connectivity index (χ0) is 19.0. The Morgan fingerprint density at radius 3 is 2.41 bits per heavy atom. The van der Waals surface area contributed by atoms with Gasteiger partial charge in [0.2, 0.25) is 16.9 Å². The summed E-state index contributed by atoms with van der Waals surface area (Å²) in [6.45, 7) is 3.84. The third kappa shape index (κ3) is 3.04. The van der Waals surface area contributed by atoms with Crippen molar-refractivity contribution in [3.8, 4) is 17.3 Å². The third-order valence-corrected chi connectivity index (χ3v) is 4.41. The summed E-state index contributed by atoms with van der Waals surface area (Å²) in [6.07, 6.45) is 1.46. The summed E-state index contributed by atoms with van der Waals surface area (Å²) >= 11 is 0. The highest BCUT2D eigenvalue weighted by molar-refractivity contribution is 5.92. The molecule has 0 spiro atoms. The van der Waals surface area contributed by atoms with E-state index < -0.39 is 11.4 Å². The highest BCUT2D eigenvalue weighted by Crippen LogP contribution is 2.32. The normalized spacial score (nSPS) is 10.9. The average Bonchev–Trinajstić information content (AvgIpc) is 3.21. The molecule has 0 aliphatic carbocycles. The molecule has 0 saturated heterocycles. The first kappa shape index (κ1) is 16.8. The number of benzene rings is 2. The number of hydrogen-bond acceptors (Lipinski definition) is 5. The first-order valence-electron chi connectivity index (χ1n) is 8.44. The highest BCUT2D eigenvalue weighted by atomic mass is 16.5. The minimum absolute atomic E-state index is 0.0880. The molecule has 2 heterocycles. The van der Waals surface area contributed by atoms with Crippen molar-refractivity contribution in [2.45, 2.75) is 13.8 Å². The van der Waals surface area contributed by atoms with Crippen molar-refractivity contribution >= 4 is 16.9 Å². The van der Waals surface area contributed by atoms with E-state index in [1.165, 1.54) is 6.26 Å². The zero-order valence-electron chi connectivity index (χ0n) is 14.8. The molecular weight excluding hydrogens is 344 g/mol. The maximum absolute atomic E-state index is 13.1. The van der Waals surface area contributed by atoms with Crippen LogP contribution in [0.5, 0.6) is 5.75 Å². The molecule has 5 nitrogen and oxygen atoms in total. The Labute approximate surface area is 154 Å². The number of carbonyl (C=O) groups is 1. The van der Waals surface area contributed by atoms with Crippen LogP contribution in [-0.4, -0.2) is 5.97 Å². The molecule has 134 valence electrons. The molecule has 0 atom stereocenters. The fourth-order valence-corrected chi connectivity index (χ4v) is 2.82. The Morgan fingerprint density at radius 1 is 0.963 bits per heavy atom. The quantitative estimate of drug-likeness (QED) is 0.487. The fraction of sp³-hybridized carbons (Fsp3) is 0.0909. The summed E-state index contributed by atoms with van der Waals surface area (Å²) in [6, 6.07) is 15.3. The number of carbonyl (C=O) groups excluding carboxylic acids is 1. The summed E-state index contributed by atoms with van der Waals surface area (Å²) in [5.41, 5.74) is 2.26. The Bertz CT molecular complexity index is 1190. The monoisotopic (exact) mass is 360 g/mol. The van der Waals surface area contributed by atoms with E-state index in [0.29, 0.717) is 22.3 Å². The number of hydrogen-bond donors (Lipinski definition) is 0. The molecular formula is C22H16O5. The van der Waals surface area contributed by atoms with Crippen LogP contribution in [-0.2, 0) is 0 Å². The second-order valence-corrected chi connectivity index (χ2v) is 6.25. The Morgan fingerprint density at radius 2 is 1.70 bits per heavy atom. The number of rotatable bonds is 3. The second-order valence-electron chi connectivity index (χ2n) is 6.25. The van der Waals surface area contributed by atoms with Crippen LogP contribution in [0.15, 0.2) is 74.5 Å². The van der Waals surface area contributed by atoms with Gasteiger partial charge in [-0.05, 0) is 61.4 Å². The van der Waals surface area contributed by atoms with Gasteiger partial charge in [-0.3, -0.25) is 4.79 Å². The van der Waals surface area contributed by atoms with Crippen LogP contribution >= 0.6 is 0 Å². The highest BCUT2D eigenvalue weighted by Gasteiger charge is 2.23. The van der Waals surface area contributed by atoms with Crippen LogP contribution in [0.1, 0.15) is 21.5 Å². The molecule has 5 heteroatoms. The summed E-state index contributed by atoms with van der Waals surface area (Å²) in [4.78, 5) is 25.6. The van der Waals surface area contributed by atoms with E-state index in [1.807, 2.05) is 13.8 Å². The van der Waals surface area contributed by atoms with Gasteiger partial charge in [-0.1, -0.05) is 18.2 Å². The molecule has 0 radical (unpaired) electrons. The topological polar surface area (TPSA) is 69.7 Å². The summed E-state index contributed by atoms with van der Waals surface area (Å²) in [7, 11) is 0. The molecule has 2 aromatic heterocycles. The molecule has 0 aliphatic rings. The molecule has 0 aliphatic heterocycles. The maximum atomic E-state index is 13.1. The van der Waals surface area contributed by atoms with Crippen molar-refractivity contribution < 1.29 is 18.4 Å². The SMILES string of the molecule is Cc1cc2oc(-c3ccco3)c(OC(=O)c3ccccc3)c(=O)c2cc1C. The zero-order valence-corrected chi connectivity index (χ0v) is 14.8. The van der Waals surface area contributed by atoms with Crippen molar-refractivity contribution in [1.29, 1.82) is 0 Å². The molecule has 0 N–H and O–H groups in total. The van der Waals surface area contributed by atoms with E-state index in [2.05, 4.69) is 0 Å². The van der Waals surface area contributed by atoms with E-state index in [-0.39, 0.29) is 11.5 Å². The standard InChI is InChI=1S/C22H16O5/c1-13-11-16-18(12-14(13)2)26-20(17-9-6-10-25-17)21(19(16)23)27-22(24)15-7-4-3-5-8-15/h3-12H,1-2H3. The van der Waals surface area contributed by atoms with E-state index in [9.17, 15) is 9.59 Å². The first-order chi connectivity index (χ1) is 13.0. The molecule has 0 saturated carbocycles. The predicted molar refractivity (Wildman–Crippen MR) is 101 cm³/mol. The van der Waals surface area contributed by atoms with Gasteiger partial charge in [0.05, 0.1) is 17.2 Å². The largest absolute Gasteiger partial charge is 0.461 e. The average molecular weight is 360 g/mol. The number of fused-ring (bicyclic) bond motifs is 1. The lowest BCUT2D eigenvalue weighted by molar-refractivity contribution is 0.0731. The molecule has 2 aromatic carbocycles. The van der Waals surface area contributed by atoms with Gasteiger partial charge < -0.3 is 13.6 Å².